The summed E-state index contributed by atoms with van der Waals surface area (Å²) in [6.07, 6.45) is 0.370. The number of hydrogen-bond acceptors (Lipinski definition) is 6. The van der Waals surface area contributed by atoms with Crippen LogP contribution in [0.1, 0.15) is 23.2 Å². The van der Waals surface area contributed by atoms with Gasteiger partial charge in [0, 0.05) is 13.1 Å². The number of carbonyl (C=O) groups is 2. The molecule has 0 radical (unpaired) electrons. The van der Waals surface area contributed by atoms with Crippen LogP contribution in [0.15, 0.2) is 47.4 Å². The monoisotopic (exact) mass is 453 g/mol. The van der Waals surface area contributed by atoms with Crippen molar-refractivity contribution >= 4 is 21.8 Å². The highest BCUT2D eigenvalue weighted by atomic mass is 32.2. The van der Waals surface area contributed by atoms with Gasteiger partial charge in [-0.25, -0.2) is 17.2 Å². The molecule has 0 unspecified atom stereocenters. The summed E-state index contributed by atoms with van der Waals surface area (Å²) in [5.41, 5.74) is 0.297. The maximum absolute atomic E-state index is 13.4. The highest BCUT2D eigenvalue weighted by Crippen LogP contribution is 2.26. The Hall–Kier alpha value is -2.85. The molecule has 0 aliphatic carbocycles. The molecule has 0 saturated carbocycles. The van der Waals surface area contributed by atoms with Crippen LogP contribution < -0.4 is 4.74 Å². The van der Waals surface area contributed by atoms with E-state index in [1.54, 1.807) is 24.3 Å². The number of halogens is 2. The predicted octanol–water partition coefficient (Wildman–Crippen LogP) is 2.80. The van der Waals surface area contributed by atoms with Gasteiger partial charge in [-0.15, -0.1) is 0 Å². The Kier molecular flexibility index (Phi) is 7.01. The van der Waals surface area contributed by atoms with Crippen LogP contribution in [0.3, 0.4) is 0 Å². The second-order valence-electron chi connectivity index (χ2n) is 6.99. The van der Waals surface area contributed by atoms with E-state index < -0.39 is 45.9 Å². The van der Waals surface area contributed by atoms with Crippen LogP contribution in [-0.2, 0) is 19.6 Å². The minimum Gasteiger partial charge on any atom is -0.496 e. The van der Waals surface area contributed by atoms with Crippen molar-refractivity contribution in [3.63, 3.8) is 0 Å². The number of benzene rings is 2. The first-order chi connectivity index (χ1) is 14.7. The first-order valence-electron chi connectivity index (χ1n) is 9.52. The van der Waals surface area contributed by atoms with Crippen molar-refractivity contribution in [3.8, 4) is 5.75 Å². The van der Waals surface area contributed by atoms with E-state index in [2.05, 4.69) is 0 Å². The molecular weight excluding hydrogens is 432 g/mol. The van der Waals surface area contributed by atoms with Crippen LogP contribution in [-0.4, -0.2) is 51.3 Å². The average Bonchev–Trinajstić information content (AvgIpc) is 2.79. The Balaban J connectivity index is 1.56. The highest BCUT2D eigenvalue weighted by Gasteiger charge is 2.33. The van der Waals surface area contributed by atoms with Crippen LogP contribution in [0.25, 0.3) is 0 Å². The van der Waals surface area contributed by atoms with Crippen molar-refractivity contribution < 1.29 is 36.3 Å². The SMILES string of the molecule is COc1ccccc1C(=O)COC(=O)C1CCN(S(=O)(=O)c2ccc(F)c(F)c2)CC1. The lowest BCUT2D eigenvalue weighted by molar-refractivity contribution is -0.148. The fourth-order valence-electron chi connectivity index (χ4n) is 3.33. The van der Waals surface area contributed by atoms with Gasteiger partial charge in [-0.3, -0.25) is 9.59 Å². The maximum Gasteiger partial charge on any atom is 0.309 e. The highest BCUT2D eigenvalue weighted by molar-refractivity contribution is 7.89. The molecule has 166 valence electrons. The van der Waals surface area contributed by atoms with Crippen molar-refractivity contribution in [2.75, 3.05) is 26.8 Å². The van der Waals surface area contributed by atoms with Crippen molar-refractivity contribution in [2.24, 2.45) is 5.92 Å². The number of carbonyl (C=O) groups excluding carboxylic acids is 2. The van der Waals surface area contributed by atoms with Crippen LogP contribution >= 0.6 is 0 Å². The summed E-state index contributed by atoms with van der Waals surface area (Å²) in [7, 11) is -2.58. The molecule has 1 aliphatic heterocycles. The fourth-order valence-corrected chi connectivity index (χ4v) is 4.81. The fraction of sp³-hybridized carbons (Fsp3) is 0.333. The molecule has 0 spiro atoms. The number of para-hydroxylation sites is 1. The van der Waals surface area contributed by atoms with Gasteiger partial charge in [-0.1, -0.05) is 12.1 Å². The molecule has 0 atom stereocenters. The second-order valence-corrected chi connectivity index (χ2v) is 8.92. The van der Waals surface area contributed by atoms with Crippen molar-refractivity contribution in [3.05, 3.63) is 59.7 Å². The quantitative estimate of drug-likeness (QED) is 0.473. The van der Waals surface area contributed by atoms with Crippen LogP contribution in [0.2, 0.25) is 0 Å². The molecule has 2 aromatic carbocycles. The van der Waals surface area contributed by atoms with Crippen molar-refractivity contribution in [1.82, 2.24) is 4.31 Å². The van der Waals surface area contributed by atoms with Gasteiger partial charge in [0.15, 0.2) is 18.2 Å². The van der Waals surface area contributed by atoms with Crippen LogP contribution in [0.5, 0.6) is 5.75 Å². The van der Waals surface area contributed by atoms with Gasteiger partial charge < -0.3 is 9.47 Å². The van der Waals surface area contributed by atoms with Crippen LogP contribution in [0, 0.1) is 17.6 Å². The summed E-state index contributed by atoms with van der Waals surface area (Å²) in [5.74, 6) is -3.58. The third-order valence-corrected chi connectivity index (χ3v) is 6.96. The first-order valence-corrected chi connectivity index (χ1v) is 11.0. The number of esters is 1. The summed E-state index contributed by atoms with van der Waals surface area (Å²) in [6.45, 7) is -0.421. The van der Waals surface area contributed by atoms with Crippen molar-refractivity contribution in [1.29, 1.82) is 0 Å². The zero-order valence-electron chi connectivity index (χ0n) is 16.7. The summed E-state index contributed by atoms with van der Waals surface area (Å²) < 4.78 is 63.1. The third-order valence-electron chi connectivity index (χ3n) is 5.07. The van der Waals surface area contributed by atoms with Gasteiger partial charge >= 0.3 is 5.97 Å². The molecule has 0 bridgehead atoms. The van der Waals surface area contributed by atoms with E-state index in [1.165, 1.54) is 7.11 Å². The van der Waals surface area contributed by atoms with E-state index in [1.807, 2.05) is 0 Å². The first kappa shape index (κ1) is 22.8. The lowest BCUT2D eigenvalue weighted by Gasteiger charge is -2.30. The molecular formula is C21H21F2NO6S. The lowest BCUT2D eigenvalue weighted by Crippen LogP contribution is -2.40. The molecule has 0 amide bonds. The molecule has 1 fully saturated rings. The van der Waals surface area contributed by atoms with E-state index in [0.29, 0.717) is 17.4 Å². The number of nitrogens with zero attached hydrogens (tertiary/aromatic N) is 1. The van der Waals surface area contributed by atoms with E-state index in [0.717, 1.165) is 16.4 Å². The number of ether oxygens (including phenoxy) is 2. The van der Waals surface area contributed by atoms with E-state index in [4.69, 9.17) is 9.47 Å². The number of piperidine rings is 1. The van der Waals surface area contributed by atoms with Gasteiger partial charge in [0.1, 0.15) is 5.75 Å². The predicted molar refractivity (Wildman–Crippen MR) is 106 cm³/mol. The molecule has 0 N–H and O–H groups in total. The topological polar surface area (TPSA) is 90.0 Å². The molecule has 0 aromatic heterocycles. The molecule has 7 nitrogen and oxygen atoms in total. The Morgan fingerprint density at radius 2 is 1.74 bits per heavy atom. The average molecular weight is 453 g/mol. The Labute approximate surface area is 178 Å². The zero-order valence-corrected chi connectivity index (χ0v) is 17.5. The molecule has 1 saturated heterocycles. The maximum atomic E-state index is 13.4. The van der Waals surface area contributed by atoms with Crippen LogP contribution in [0.4, 0.5) is 8.78 Å². The molecule has 31 heavy (non-hydrogen) atoms. The van der Waals surface area contributed by atoms with Gasteiger partial charge in [0.2, 0.25) is 15.8 Å². The lowest BCUT2D eigenvalue weighted by atomic mass is 9.98. The summed E-state index contributed by atoms with van der Waals surface area (Å²) in [6, 6.07) is 8.95. The summed E-state index contributed by atoms with van der Waals surface area (Å²) in [4.78, 5) is 24.3. The second kappa shape index (κ2) is 9.52. The van der Waals surface area contributed by atoms with E-state index >= 15 is 0 Å². The Morgan fingerprint density at radius 1 is 1.06 bits per heavy atom. The number of rotatable bonds is 7. The number of Topliss-reactive ketones (excluding diaryl/α,β-unsaturated/α-hetero) is 1. The molecule has 2 aromatic rings. The smallest absolute Gasteiger partial charge is 0.309 e. The molecule has 3 rings (SSSR count). The molecule has 1 heterocycles. The van der Waals surface area contributed by atoms with Crippen molar-refractivity contribution in [2.45, 2.75) is 17.7 Å². The number of ketones is 1. The number of hydrogen-bond donors (Lipinski definition) is 0. The van der Waals surface area contributed by atoms with Gasteiger partial charge in [0.05, 0.1) is 23.5 Å². The van der Waals surface area contributed by atoms with Gasteiger partial charge in [-0.2, -0.15) is 4.31 Å². The number of sulfonamides is 1. The number of methoxy groups -OCH3 is 1. The minimum absolute atomic E-state index is 0.0154. The Morgan fingerprint density at radius 3 is 2.39 bits per heavy atom. The molecule has 10 heteroatoms. The zero-order chi connectivity index (χ0) is 22.6. The van der Waals surface area contributed by atoms with E-state index in [9.17, 15) is 26.8 Å². The standard InChI is InChI=1S/C21H21F2NO6S/c1-29-20-5-3-2-4-16(20)19(25)13-30-21(26)14-8-10-24(11-9-14)31(27,28)15-6-7-17(22)18(23)12-15/h2-7,12,14H,8-11,13H2,1H3. The summed E-state index contributed by atoms with van der Waals surface area (Å²) in [5, 5.41) is 0. The Bertz CT molecular complexity index is 1080. The van der Waals surface area contributed by atoms with Gasteiger partial charge in [-0.05, 0) is 43.2 Å². The largest absolute Gasteiger partial charge is 0.496 e. The van der Waals surface area contributed by atoms with E-state index in [-0.39, 0.29) is 30.8 Å². The summed E-state index contributed by atoms with van der Waals surface area (Å²) >= 11 is 0. The molecule has 1 aliphatic rings. The normalized spacial score (nSPS) is 15.5. The third kappa shape index (κ3) is 5.08. The van der Waals surface area contributed by atoms with Gasteiger partial charge in [0.25, 0.3) is 0 Å². The minimum atomic E-state index is -4.01.